The molecule has 1 heterocycles. The number of piperidine rings is 1. The fraction of sp³-hybridized carbons (Fsp3) is 0.846. The highest BCUT2D eigenvalue weighted by molar-refractivity contribution is 5.83. The number of carbonyl (C=O) groups excluding carboxylic acids is 2. The number of amides is 2. The molecule has 0 aromatic heterocycles. The second-order valence-corrected chi connectivity index (χ2v) is 5.66. The summed E-state index contributed by atoms with van der Waals surface area (Å²) in [6.45, 7) is 5.60. The smallest absolute Gasteiger partial charge is 0.240 e. The first-order chi connectivity index (χ1) is 8.38. The molecule has 0 spiro atoms. The summed E-state index contributed by atoms with van der Waals surface area (Å²) in [7, 11) is 3.37. The van der Waals surface area contributed by atoms with Crippen LogP contribution in [0.15, 0.2) is 0 Å². The summed E-state index contributed by atoms with van der Waals surface area (Å²) >= 11 is 0. The molecule has 0 radical (unpaired) electrons. The number of carbonyl (C=O) groups is 2. The molecule has 1 atom stereocenters. The van der Waals surface area contributed by atoms with E-state index in [1.807, 2.05) is 0 Å². The summed E-state index contributed by atoms with van der Waals surface area (Å²) in [6.07, 6.45) is 2.52. The first-order valence-electron chi connectivity index (χ1n) is 6.57. The third-order valence-corrected chi connectivity index (χ3v) is 3.70. The maximum Gasteiger partial charge on any atom is 0.240 e. The molecule has 0 aliphatic carbocycles. The second kappa shape index (κ2) is 6.18. The van der Waals surface area contributed by atoms with E-state index in [-0.39, 0.29) is 23.3 Å². The molecule has 0 aromatic carbocycles. The fourth-order valence-electron chi connectivity index (χ4n) is 2.36. The Bertz CT molecular complexity index is 315. The van der Waals surface area contributed by atoms with Gasteiger partial charge in [0.05, 0.1) is 6.04 Å². The molecule has 2 amide bonds. The lowest BCUT2D eigenvalue weighted by molar-refractivity contribution is -0.136. The normalized spacial score (nSPS) is 22.3. The lowest BCUT2D eigenvalue weighted by Crippen LogP contribution is -2.56. The minimum absolute atomic E-state index is 0.0173. The number of rotatable bonds is 4. The van der Waals surface area contributed by atoms with Crippen molar-refractivity contribution in [3.63, 3.8) is 0 Å². The minimum Gasteiger partial charge on any atom is -0.359 e. The first kappa shape index (κ1) is 15.0. The average Bonchev–Trinajstić information content (AvgIpc) is 2.34. The van der Waals surface area contributed by atoms with Gasteiger partial charge in [0.1, 0.15) is 0 Å². The third-order valence-electron chi connectivity index (χ3n) is 3.70. The van der Waals surface area contributed by atoms with E-state index in [1.165, 1.54) is 0 Å². The highest BCUT2D eigenvalue weighted by Crippen LogP contribution is 2.30. The number of hydrogen-bond acceptors (Lipinski definition) is 3. The van der Waals surface area contributed by atoms with Gasteiger partial charge in [0, 0.05) is 27.1 Å². The Hall–Kier alpha value is -1.10. The van der Waals surface area contributed by atoms with Crippen LogP contribution in [0, 0.1) is 5.41 Å². The van der Waals surface area contributed by atoms with E-state index in [1.54, 1.807) is 19.0 Å². The maximum atomic E-state index is 12.3. The minimum atomic E-state index is -0.138. The summed E-state index contributed by atoms with van der Waals surface area (Å²) < 4.78 is 0. The van der Waals surface area contributed by atoms with Gasteiger partial charge in [-0.3, -0.25) is 9.59 Å². The maximum absolute atomic E-state index is 12.3. The van der Waals surface area contributed by atoms with Crippen molar-refractivity contribution in [3.8, 4) is 0 Å². The summed E-state index contributed by atoms with van der Waals surface area (Å²) in [5.74, 6) is 0.0501. The largest absolute Gasteiger partial charge is 0.359 e. The molecule has 0 saturated carbocycles. The van der Waals surface area contributed by atoms with Gasteiger partial charge in [-0.2, -0.15) is 0 Å². The van der Waals surface area contributed by atoms with Crippen molar-refractivity contribution < 1.29 is 9.59 Å². The highest BCUT2D eigenvalue weighted by atomic mass is 16.2. The molecule has 1 aliphatic heterocycles. The van der Waals surface area contributed by atoms with Gasteiger partial charge in [-0.25, -0.2) is 0 Å². The summed E-state index contributed by atoms with van der Waals surface area (Å²) in [4.78, 5) is 25.2. The van der Waals surface area contributed by atoms with Crippen molar-refractivity contribution in [1.29, 1.82) is 0 Å². The van der Waals surface area contributed by atoms with Crippen molar-refractivity contribution in [2.24, 2.45) is 5.41 Å². The topological polar surface area (TPSA) is 61.4 Å². The molecule has 18 heavy (non-hydrogen) atoms. The van der Waals surface area contributed by atoms with Crippen LogP contribution in [0.2, 0.25) is 0 Å². The molecule has 1 aliphatic rings. The quantitative estimate of drug-likeness (QED) is 0.762. The van der Waals surface area contributed by atoms with Crippen LogP contribution in [-0.2, 0) is 9.59 Å². The highest BCUT2D eigenvalue weighted by Gasteiger charge is 2.38. The lowest BCUT2D eigenvalue weighted by atomic mass is 9.77. The Balaban J connectivity index is 2.54. The van der Waals surface area contributed by atoms with E-state index in [4.69, 9.17) is 0 Å². The van der Waals surface area contributed by atoms with E-state index in [0.29, 0.717) is 13.0 Å². The predicted octanol–water partition coefficient (Wildman–Crippen LogP) is 0.359. The Morgan fingerprint density at radius 2 is 2.11 bits per heavy atom. The molecule has 104 valence electrons. The number of nitrogens with zero attached hydrogens (tertiary/aromatic N) is 1. The van der Waals surface area contributed by atoms with Crippen molar-refractivity contribution in [3.05, 3.63) is 0 Å². The van der Waals surface area contributed by atoms with Crippen LogP contribution in [0.3, 0.4) is 0 Å². The van der Waals surface area contributed by atoms with Gasteiger partial charge >= 0.3 is 0 Å². The van der Waals surface area contributed by atoms with Gasteiger partial charge in [-0.1, -0.05) is 13.8 Å². The van der Waals surface area contributed by atoms with Crippen LogP contribution >= 0.6 is 0 Å². The van der Waals surface area contributed by atoms with E-state index in [2.05, 4.69) is 24.5 Å². The fourth-order valence-corrected chi connectivity index (χ4v) is 2.36. The Morgan fingerprint density at radius 3 is 2.67 bits per heavy atom. The zero-order chi connectivity index (χ0) is 13.8. The summed E-state index contributed by atoms with van der Waals surface area (Å²) in [6, 6.07) is -0.138. The Morgan fingerprint density at radius 1 is 1.44 bits per heavy atom. The molecule has 0 bridgehead atoms. The molecule has 1 saturated heterocycles. The summed E-state index contributed by atoms with van der Waals surface area (Å²) in [5, 5.41) is 5.86. The van der Waals surface area contributed by atoms with Gasteiger partial charge in [-0.05, 0) is 24.8 Å². The van der Waals surface area contributed by atoms with Crippen LogP contribution < -0.4 is 10.6 Å². The van der Waals surface area contributed by atoms with E-state index in [9.17, 15) is 9.59 Å². The van der Waals surface area contributed by atoms with Crippen LogP contribution in [0.5, 0.6) is 0 Å². The van der Waals surface area contributed by atoms with Crippen LogP contribution in [-0.4, -0.2) is 49.9 Å². The molecule has 5 heteroatoms. The first-order valence-corrected chi connectivity index (χ1v) is 6.57. The Kier molecular flexibility index (Phi) is 5.14. The standard InChI is InChI=1S/C13H25N3O2/c1-13(2)7-5-8-15-11(13)12(18)16(4)9-6-10(17)14-3/h11,15H,5-9H2,1-4H3,(H,14,17). The number of hydrogen-bond donors (Lipinski definition) is 2. The van der Waals surface area contributed by atoms with E-state index in [0.717, 1.165) is 19.4 Å². The molecule has 2 N–H and O–H groups in total. The predicted molar refractivity (Wildman–Crippen MR) is 71.1 cm³/mol. The van der Waals surface area contributed by atoms with Gasteiger partial charge in [0.25, 0.3) is 0 Å². The van der Waals surface area contributed by atoms with Gasteiger partial charge in [0.2, 0.25) is 11.8 Å². The SMILES string of the molecule is CNC(=O)CCN(C)C(=O)C1NCCCC1(C)C. The third kappa shape index (κ3) is 3.70. The number of nitrogens with one attached hydrogen (secondary N) is 2. The van der Waals surface area contributed by atoms with Crippen LogP contribution in [0.4, 0.5) is 0 Å². The molecular formula is C13H25N3O2. The molecule has 5 nitrogen and oxygen atoms in total. The second-order valence-electron chi connectivity index (χ2n) is 5.66. The van der Waals surface area contributed by atoms with Crippen LogP contribution in [0.1, 0.15) is 33.1 Å². The van der Waals surface area contributed by atoms with Gasteiger partial charge < -0.3 is 15.5 Å². The van der Waals surface area contributed by atoms with Gasteiger partial charge in [0.15, 0.2) is 0 Å². The molecule has 1 rings (SSSR count). The number of likely N-dealkylation sites (N-methyl/N-ethyl adjacent to an activating group) is 1. The van der Waals surface area contributed by atoms with Crippen molar-refractivity contribution in [2.75, 3.05) is 27.2 Å². The van der Waals surface area contributed by atoms with E-state index < -0.39 is 0 Å². The lowest BCUT2D eigenvalue weighted by Gasteiger charge is -2.40. The van der Waals surface area contributed by atoms with Crippen LogP contribution in [0.25, 0.3) is 0 Å². The summed E-state index contributed by atoms with van der Waals surface area (Å²) in [5.41, 5.74) is -0.0173. The van der Waals surface area contributed by atoms with Crippen molar-refractivity contribution in [2.45, 2.75) is 39.2 Å². The molecule has 1 fully saturated rings. The zero-order valence-electron chi connectivity index (χ0n) is 11.9. The monoisotopic (exact) mass is 255 g/mol. The molecule has 1 unspecified atom stereocenters. The molecule has 0 aromatic rings. The zero-order valence-corrected chi connectivity index (χ0v) is 11.9. The van der Waals surface area contributed by atoms with E-state index >= 15 is 0 Å². The Labute approximate surface area is 109 Å². The van der Waals surface area contributed by atoms with Gasteiger partial charge in [-0.15, -0.1) is 0 Å². The average molecular weight is 255 g/mol. The molecular weight excluding hydrogens is 230 g/mol. The van der Waals surface area contributed by atoms with Crippen molar-refractivity contribution in [1.82, 2.24) is 15.5 Å². The van der Waals surface area contributed by atoms with Crippen molar-refractivity contribution >= 4 is 11.8 Å².